The van der Waals surface area contributed by atoms with E-state index in [4.69, 9.17) is 16.3 Å². The predicted molar refractivity (Wildman–Crippen MR) is 61.2 cm³/mol. The number of rotatable bonds is 3. The molecular formula is C11H10ClNO4. The number of fused-ring (bicyclic) bond motifs is 1. The van der Waals surface area contributed by atoms with Crippen LogP contribution in [0.4, 0.5) is 0 Å². The molecule has 1 aliphatic heterocycles. The minimum absolute atomic E-state index is 0.218. The molecule has 0 N–H and O–H groups in total. The van der Waals surface area contributed by atoms with Crippen LogP contribution in [-0.2, 0) is 4.79 Å². The highest BCUT2D eigenvalue weighted by Crippen LogP contribution is 2.40. The molecule has 0 aromatic heterocycles. The lowest BCUT2D eigenvalue weighted by molar-refractivity contribution is -0.484. The summed E-state index contributed by atoms with van der Waals surface area (Å²) in [5.41, 5.74) is 0.634. The summed E-state index contributed by atoms with van der Waals surface area (Å²) in [4.78, 5) is 21.6. The number of carbonyl (C=O) groups is 1. The average Bonchev–Trinajstić information content (AvgIpc) is 2.56. The summed E-state index contributed by atoms with van der Waals surface area (Å²) in [5.74, 6) is -0.276. The molecule has 5 nitrogen and oxygen atoms in total. The molecule has 0 unspecified atom stereocenters. The van der Waals surface area contributed by atoms with Gasteiger partial charge < -0.3 is 4.74 Å². The minimum Gasteiger partial charge on any atom is -0.481 e. The van der Waals surface area contributed by atoms with Gasteiger partial charge in [0, 0.05) is 15.5 Å². The highest BCUT2D eigenvalue weighted by atomic mass is 35.5. The van der Waals surface area contributed by atoms with Gasteiger partial charge in [0.15, 0.2) is 11.9 Å². The first-order chi connectivity index (χ1) is 7.99. The van der Waals surface area contributed by atoms with Gasteiger partial charge in [-0.05, 0) is 25.1 Å². The van der Waals surface area contributed by atoms with Crippen molar-refractivity contribution in [1.82, 2.24) is 0 Å². The number of ketones is 1. The molecule has 0 saturated heterocycles. The molecule has 0 fully saturated rings. The zero-order valence-corrected chi connectivity index (χ0v) is 9.81. The third-order valence-corrected chi connectivity index (χ3v) is 2.97. The fourth-order valence-corrected chi connectivity index (χ4v) is 2.20. The molecule has 1 aromatic carbocycles. The van der Waals surface area contributed by atoms with Crippen molar-refractivity contribution in [3.05, 3.63) is 38.9 Å². The van der Waals surface area contributed by atoms with Crippen molar-refractivity contribution < 1.29 is 14.5 Å². The summed E-state index contributed by atoms with van der Waals surface area (Å²) < 4.78 is 5.42. The number of nitrogens with zero attached hydrogens (tertiary/aromatic N) is 1. The normalized spacial score (nSPS) is 21.8. The summed E-state index contributed by atoms with van der Waals surface area (Å²) in [6.45, 7) is 1.03. The van der Waals surface area contributed by atoms with E-state index in [1.54, 1.807) is 18.2 Å². The number of ether oxygens (including phenoxy) is 1. The van der Waals surface area contributed by atoms with Gasteiger partial charge in [-0.25, -0.2) is 0 Å². The van der Waals surface area contributed by atoms with Crippen LogP contribution in [-0.4, -0.2) is 23.4 Å². The third kappa shape index (κ3) is 2.24. The lowest BCUT2D eigenvalue weighted by Crippen LogP contribution is -2.31. The number of Topliss-reactive ketones (excluding diaryl/α,β-unsaturated/α-hetero) is 1. The zero-order valence-electron chi connectivity index (χ0n) is 9.05. The highest BCUT2D eigenvalue weighted by Gasteiger charge is 2.40. The summed E-state index contributed by atoms with van der Waals surface area (Å²) in [5, 5.41) is 11.1. The van der Waals surface area contributed by atoms with Gasteiger partial charge in [-0.1, -0.05) is 11.6 Å². The lowest BCUT2D eigenvalue weighted by atomic mass is 9.93. The number of benzene rings is 1. The summed E-state index contributed by atoms with van der Waals surface area (Å²) in [6, 6.07) is 4.88. The van der Waals surface area contributed by atoms with Crippen LogP contribution >= 0.6 is 11.6 Å². The van der Waals surface area contributed by atoms with Crippen LogP contribution in [0.5, 0.6) is 5.75 Å². The molecular weight excluding hydrogens is 246 g/mol. The van der Waals surface area contributed by atoms with E-state index in [9.17, 15) is 14.9 Å². The Bertz CT molecular complexity index is 488. The van der Waals surface area contributed by atoms with E-state index in [-0.39, 0.29) is 12.3 Å². The van der Waals surface area contributed by atoms with Crippen molar-refractivity contribution in [1.29, 1.82) is 0 Å². The SMILES string of the molecule is CC(=O)[C@@H]1Oc2ccc(Cl)cc2[C@H]1C[N+](=O)[O-]. The second-order valence-electron chi connectivity index (χ2n) is 3.95. The number of halogens is 1. The van der Waals surface area contributed by atoms with Crippen LogP contribution in [0.1, 0.15) is 18.4 Å². The Balaban J connectivity index is 2.40. The van der Waals surface area contributed by atoms with Gasteiger partial charge in [0.05, 0.1) is 5.92 Å². The van der Waals surface area contributed by atoms with E-state index in [1.165, 1.54) is 6.92 Å². The second-order valence-corrected chi connectivity index (χ2v) is 4.39. The largest absolute Gasteiger partial charge is 0.481 e. The summed E-state index contributed by atoms with van der Waals surface area (Å²) in [7, 11) is 0. The Morgan fingerprint density at radius 1 is 1.59 bits per heavy atom. The Morgan fingerprint density at radius 3 is 2.88 bits per heavy atom. The van der Waals surface area contributed by atoms with Crippen molar-refractivity contribution in [3.8, 4) is 5.75 Å². The van der Waals surface area contributed by atoms with E-state index in [2.05, 4.69) is 0 Å². The minimum atomic E-state index is -0.783. The van der Waals surface area contributed by atoms with Crippen molar-refractivity contribution >= 4 is 17.4 Å². The van der Waals surface area contributed by atoms with Crippen LogP contribution in [0.3, 0.4) is 0 Å². The summed E-state index contributed by atoms with van der Waals surface area (Å²) >= 11 is 5.84. The molecule has 1 aromatic rings. The molecule has 0 radical (unpaired) electrons. The van der Waals surface area contributed by atoms with Crippen LogP contribution in [0.15, 0.2) is 18.2 Å². The molecule has 0 aliphatic carbocycles. The topological polar surface area (TPSA) is 69.4 Å². The fraction of sp³-hybridized carbons (Fsp3) is 0.364. The van der Waals surface area contributed by atoms with E-state index in [1.807, 2.05) is 0 Å². The first-order valence-corrected chi connectivity index (χ1v) is 5.45. The van der Waals surface area contributed by atoms with Crippen molar-refractivity contribution in [2.24, 2.45) is 0 Å². The molecule has 0 bridgehead atoms. The molecule has 2 atom stereocenters. The number of hydrogen-bond donors (Lipinski definition) is 0. The van der Waals surface area contributed by atoms with Crippen molar-refractivity contribution in [2.45, 2.75) is 18.9 Å². The monoisotopic (exact) mass is 255 g/mol. The smallest absolute Gasteiger partial charge is 0.214 e. The molecule has 0 saturated carbocycles. The van der Waals surface area contributed by atoms with Gasteiger partial charge in [0.25, 0.3) is 0 Å². The van der Waals surface area contributed by atoms with Crippen molar-refractivity contribution in [3.63, 3.8) is 0 Å². The van der Waals surface area contributed by atoms with Gasteiger partial charge in [-0.3, -0.25) is 14.9 Å². The number of carbonyl (C=O) groups excluding carboxylic acids is 1. The first-order valence-electron chi connectivity index (χ1n) is 5.07. The molecule has 0 amide bonds. The number of nitro groups is 1. The Morgan fingerprint density at radius 2 is 2.29 bits per heavy atom. The third-order valence-electron chi connectivity index (χ3n) is 2.74. The Labute approximate surface area is 102 Å². The molecule has 6 heteroatoms. The summed E-state index contributed by atoms with van der Waals surface area (Å²) in [6.07, 6.45) is -0.783. The average molecular weight is 256 g/mol. The molecule has 2 rings (SSSR count). The molecule has 1 heterocycles. The standard InChI is InChI=1S/C11H10ClNO4/c1-6(14)11-9(5-13(15)16)8-4-7(12)2-3-10(8)17-11/h2-4,9,11H,5H2,1H3/t9-,11+/m1/s1. The van der Waals surface area contributed by atoms with Gasteiger partial charge in [0.1, 0.15) is 5.75 Å². The van der Waals surface area contributed by atoms with Gasteiger partial charge in [0.2, 0.25) is 6.54 Å². The Hall–Kier alpha value is -1.62. The van der Waals surface area contributed by atoms with Gasteiger partial charge >= 0.3 is 0 Å². The lowest BCUT2D eigenvalue weighted by Gasteiger charge is -2.12. The van der Waals surface area contributed by atoms with Gasteiger partial charge in [-0.2, -0.15) is 0 Å². The van der Waals surface area contributed by atoms with Crippen molar-refractivity contribution in [2.75, 3.05) is 6.54 Å². The van der Waals surface area contributed by atoms with Crippen LogP contribution < -0.4 is 4.74 Å². The maximum Gasteiger partial charge on any atom is 0.214 e. The highest BCUT2D eigenvalue weighted by molar-refractivity contribution is 6.30. The van der Waals surface area contributed by atoms with Crippen LogP contribution in [0.2, 0.25) is 5.02 Å². The van der Waals surface area contributed by atoms with Crippen LogP contribution in [0, 0.1) is 10.1 Å². The van der Waals surface area contributed by atoms with E-state index in [0.717, 1.165) is 0 Å². The zero-order chi connectivity index (χ0) is 12.6. The fourth-order valence-electron chi connectivity index (χ4n) is 2.02. The quantitative estimate of drug-likeness (QED) is 0.612. The van der Waals surface area contributed by atoms with E-state index >= 15 is 0 Å². The Kier molecular flexibility index (Phi) is 3.02. The predicted octanol–water partition coefficient (Wildman–Crippen LogP) is 2.05. The molecule has 0 spiro atoms. The van der Waals surface area contributed by atoms with Gasteiger partial charge in [-0.15, -0.1) is 0 Å². The first kappa shape index (κ1) is 11.9. The van der Waals surface area contributed by atoms with E-state index < -0.39 is 16.9 Å². The van der Waals surface area contributed by atoms with Crippen LogP contribution in [0.25, 0.3) is 0 Å². The molecule has 90 valence electrons. The molecule has 1 aliphatic rings. The molecule has 17 heavy (non-hydrogen) atoms. The van der Waals surface area contributed by atoms with E-state index in [0.29, 0.717) is 16.3 Å². The maximum absolute atomic E-state index is 11.4. The second kappa shape index (κ2) is 4.33. The number of hydrogen-bond acceptors (Lipinski definition) is 4. The maximum atomic E-state index is 11.4.